The predicted octanol–water partition coefficient (Wildman–Crippen LogP) is 1.86. The molecule has 1 fully saturated rings. The summed E-state index contributed by atoms with van der Waals surface area (Å²) in [5.74, 6) is 0.145. The van der Waals surface area contributed by atoms with Crippen molar-refractivity contribution in [2.75, 3.05) is 19.6 Å². The molecular weight excluding hydrogens is 232 g/mol. The van der Waals surface area contributed by atoms with Gasteiger partial charge in [-0.3, -0.25) is 4.79 Å². The Morgan fingerprint density at radius 1 is 1.28 bits per heavy atom. The highest BCUT2D eigenvalue weighted by molar-refractivity contribution is 5.76. The zero-order valence-electron chi connectivity index (χ0n) is 12.0. The smallest absolute Gasteiger partial charge is 0.410 e. The molecule has 1 rings (SSSR count). The normalized spacial score (nSPS) is 20.8. The summed E-state index contributed by atoms with van der Waals surface area (Å²) < 4.78 is 5.33. The zero-order chi connectivity index (χ0) is 13.9. The van der Waals surface area contributed by atoms with Crippen LogP contribution >= 0.6 is 0 Å². The van der Waals surface area contributed by atoms with Crippen LogP contribution in [0.15, 0.2) is 0 Å². The Morgan fingerprint density at radius 2 is 1.89 bits per heavy atom. The van der Waals surface area contributed by atoms with Crippen LogP contribution < -0.4 is 0 Å². The van der Waals surface area contributed by atoms with Gasteiger partial charge in [0.15, 0.2) is 0 Å². The molecular formula is C13H24N2O3. The number of carbonyl (C=O) groups excluding carboxylic acids is 2. The molecule has 0 spiro atoms. The monoisotopic (exact) mass is 256 g/mol. The average Bonchev–Trinajstić information content (AvgIpc) is 2.25. The number of piperazine rings is 1. The summed E-state index contributed by atoms with van der Waals surface area (Å²) in [5.41, 5.74) is -0.476. The molecule has 2 amide bonds. The van der Waals surface area contributed by atoms with Crippen molar-refractivity contribution >= 4 is 12.0 Å². The molecule has 1 heterocycles. The molecule has 1 atom stereocenters. The summed E-state index contributed by atoms with van der Waals surface area (Å²) in [6.07, 6.45) is 0.217. The number of nitrogens with zero attached hydrogens (tertiary/aromatic N) is 2. The zero-order valence-corrected chi connectivity index (χ0v) is 12.0. The topological polar surface area (TPSA) is 49.9 Å². The molecule has 5 heteroatoms. The maximum Gasteiger partial charge on any atom is 0.410 e. The standard InChI is InChI=1S/C13H24N2O3/c1-6-11(16)15-8-7-14(9-10(15)2)12(17)18-13(3,4)5/h10H,6-9H2,1-5H3/t10-/m1/s1. The summed E-state index contributed by atoms with van der Waals surface area (Å²) in [4.78, 5) is 27.1. The van der Waals surface area contributed by atoms with E-state index in [1.54, 1.807) is 4.90 Å². The van der Waals surface area contributed by atoms with Crippen LogP contribution in [0.3, 0.4) is 0 Å². The van der Waals surface area contributed by atoms with E-state index in [1.807, 2.05) is 39.5 Å². The molecule has 1 aliphatic rings. The summed E-state index contributed by atoms with van der Waals surface area (Å²) >= 11 is 0. The van der Waals surface area contributed by atoms with Crippen LogP contribution in [0.2, 0.25) is 0 Å². The van der Waals surface area contributed by atoms with E-state index >= 15 is 0 Å². The highest BCUT2D eigenvalue weighted by Gasteiger charge is 2.31. The summed E-state index contributed by atoms with van der Waals surface area (Å²) in [7, 11) is 0. The van der Waals surface area contributed by atoms with Crippen LogP contribution in [0.1, 0.15) is 41.0 Å². The first-order valence-corrected chi connectivity index (χ1v) is 6.52. The van der Waals surface area contributed by atoms with Gasteiger partial charge in [0.1, 0.15) is 5.60 Å². The SMILES string of the molecule is CCC(=O)N1CCN(C(=O)OC(C)(C)C)C[C@H]1C. The molecule has 0 bridgehead atoms. The lowest BCUT2D eigenvalue weighted by Crippen LogP contribution is -2.56. The van der Waals surface area contributed by atoms with E-state index in [4.69, 9.17) is 4.74 Å². The Balaban J connectivity index is 2.55. The van der Waals surface area contributed by atoms with Gasteiger partial charge >= 0.3 is 6.09 Å². The van der Waals surface area contributed by atoms with Crippen molar-refractivity contribution < 1.29 is 14.3 Å². The van der Waals surface area contributed by atoms with Gasteiger partial charge in [-0.25, -0.2) is 4.79 Å². The quantitative estimate of drug-likeness (QED) is 0.719. The van der Waals surface area contributed by atoms with Gasteiger partial charge in [-0.05, 0) is 27.7 Å². The maximum absolute atomic E-state index is 11.9. The second kappa shape index (κ2) is 5.59. The Labute approximate surface area is 109 Å². The molecule has 0 aromatic heterocycles. The molecule has 1 saturated heterocycles. The number of hydrogen-bond donors (Lipinski definition) is 0. The average molecular weight is 256 g/mol. The number of ether oxygens (including phenoxy) is 1. The molecule has 0 aromatic carbocycles. The van der Waals surface area contributed by atoms with Crippen molar-refractivity contribution in [3.05, 3.63) is 0 Å². The largest absolute Gasteiger partial charge is 0.444 e. The molecule has 0 N–H and O–H groups in total. The second-order valence-electron chi connectivity index (χ2n) is 5.72. The molecule has 0 aromatic rings. The minimum absolute atomic E-state index is 0.0544. The van der Waals surface area contributed by atoms with E-state index in [2.05, 4.69) is 0 Å². The number of rotatable bonds is 1. The van der Waals surface area contributed by atoms with Gasteiger partial charge in [0, 0.05) is 32.1 Å². The number of amides is 2. The van der Waals surface area contributed by atoms with Crippen LogP contribution in [0, 0.1) is 0 Å². The van der Waals surface area contributed by atoms with Gasteiger partial charge in [0.25, 0.3) is 0 Å². The van der Waals surface area contributed by atoms with Gasteiger partial charge in [0.2, 0.25) is 5.91 Å². The van der Waals surface area contributed by atoms with Crippen LogP contribution in [0.5, 0.6) is 0 Å². The van der Waals surface area contributed by atoms with Crippen molar-refractivity contribution in [2.45, 2.75) is 52.7 Å². The molecule has 0 saturated carbocycles. The fourth-order valence-electron chi connectivity index (χ4n) is 2.02. The summed E-state index contributed by atoms with van der Waals surface area (Å²) in [5, 5.41) is 0. The predicted molar refractivity (Wildman–Crippen MR) is 69.3 cm³/mol. The molecule has 1 aliphatic heterocycles. The number of carbonyl (C=O) groups is 2. The lowest BCUT2D eigenvalue weighted by atomic mass is 10.2. The lowest BCUT2D eigenvalue weighted by Gasteiger charge is -2.40. The van der Waals surface area contributed by atoms with E-state index in [0.717, 1.165) is 0 Å². The lowest BCUT2D eigenvalue weighted by molar-refractivity contribution is -0.135. The summed E-state index contributed by atoms with van der Waals surface area (Å²) in [6, 6.07) is 0.0544. The minimum Gasteiger partial charge on any atom is -0.444 e. The molecule has 0 aliphatic carbocycles. The first kappa shape index (κ1) is 14.8. The Morgan fingerprint density at radius 3 is 2.33 bits per heavy atom. The fourth-order valence-corrected chi connectivity index (χ4v) is 2.02. The van der Waals surface area contributed by atoms with E-state index in [9.17, 15) is 9.59 Å². The van der Waals surface area contributed by atoms with Crippen LogP contribution in [0.4, 0.5) is 4.79 Å². The van der Waals surface area contributed by atoms with E-state index in [0.29, 0.717) is 26.1 Å². The second-order valence-corrected chi connectivity index (χ2v) is 5.72. The van der Waals surface area contributed by atoms with E-state index in [1.165, 1.54) is 0 Å². The van der Waals surface area contributed by atoms with E-state index < -0.39 is 5.60 Å². The van der Waals surface area contributed by atoms with Crippen LogP contribution in [-0.2, 0) is 9.53 Å². The first-order valence-electron chi connectivity index (χ1n) is 6.52. The van der Waals surface area contributed by atoms with Crippen LogP contribution in [-0.4, -0.2) is 53.1 Å². The maximum atomic E-state index is 11.9. The van der Waals surface area contributed by atoms with Crippen molar-refractivity contribution in [3.63, 3.8) is 0 Å². The van der Waals surface area contributed by atoms with Crippen LogP contribution in [0.25, 0.3) is 0 Å². The third-order valence-corrected chi connectivity index (χ3v) is 2.90. The van der Waals surface area contributed by atoms with Crippen molar-refractivity contribution in [1.82, 2.24) is 9.80 Å². The van der Waals surface area contributed by atoms with Gasteiger partial charge in [-0.1, -0.05) is 6.92 Å². The molecule has 18 heavy (non-hydrogen) atoms. The Hall–Kier alpha value is -1.26. The van der Waals surface area contributed by atoms with E-state index in [-0.39, 0.29) is 18.0 Å². The molecule has 5 nitrogen and oxygen atoms in total. The minimum atomic E-state index is -0.476. The Bertz CT molecular complexity index is 323. The van der Waals surface area contributed by atoms with Crippen molar-refractivity contribution in [3.8, 4) is 0 Å². The van der Waals surface area contributed by atoms with Crippen molar-refractivity contribution in [2.24, 2.45) is 0 Å². The third-order valence-electron chi connectivity index (χ3n) is 2.90. The highest BCUT2D eigenvalue weighted by Crippen LogP contribution is 2.15. The van der Waals surface area contributed by atoms with Gasteiger partial charge in [-0.15, -0.1) is 0 Å². The third kappa shape index (κ3) is 3.89. The van der Waals surface area contributed by atoms with Gasteiger partial charge in [0.05, 0.1) is 0 Å². The van der Waals surface area contributed by atoms with Gasteiger partial charge < -0.3 is 14.5 Å². The molecule has 104 valence electrons. The van der Waals surface area contributed by atoms with Gasteiger partial charge in [-0.2, -0.15) is 0 Å². The number of hydrogen-bond acceptors (Lipinski definition) is 3. The first-order chi connectivity index (χ1) is 8.24. The molecule has 0 unspecified atom stereocenters. The summed E-state index contributed by atoms with van der Waals surface area (Å²) in [6.45, 7) is 11.1. The van der Waals surface area contributed by atoms with Crippen molar-refractivity contribution in [1.29, 1.82) is 0 Å². The Kier molecular flexibility index (Phi) is 4.59. The highest BCUT2D eigenvalue weighted by atomic mass is 16.6. The molecule has 0 radical (unpaired) electrons. The fraction of sp³-hybridized carbons (Fsp3) is 0.846.